The van der Waals surface area contributed by atoms with Crippen LogP contribution in [0.2, 0.25) is 0 Å². The summed E-state index contributed by atoms with van der Waals surface area (Å²) in [5.41, 5.74) is 9.42. The van der Waals surface area contributed by atoms with Crippen LogP contribution in [-0.2, 0) is 14.8 Å². The molecule has 0 spiro atoms. The van der Waals surface area contributed by atoms with E-state index in [1.165, 1.54) is 12.1 Å². The molecule has 3 aromatic carbocycles. The molecule has 0 aliphatic rings. The predicted octanol–water partition coefficient (Wildman–Crippen LogP) is 3.32. The average molecular weight is 526 g/mol. The van der Waals surface area contributed by atoms with Gasteiger partial charge in [-0.1, -0.05) is 24.3 Å². The van der Waals surface area contributed by atoms with Crippen LogP contribution in [0.4, 0.5) is 5.69 Å². The van der Waals surface area contributed by atoms with Gasteiger partial charge < -0.3 is 20.5 Å². The Labute approximate surface area is 216 Å². The Kier molecular flexibility index (Phi) is 9.10. The minimum absolute atomic E-state index is 0.00782. The van der Waals surface area contributed by atoms with Crippen molar-refractivity contribution < 1.29 is 22.7 Å². The Morgan fingerprint density at radius 2 is 1.68 bits per heavy atom. The van der Waals surface area contributed by atoms with Crippen molar-refractivity contribution >= 4 is 27.5 Å². The molecular weight excluding hydrogens is 494 g/mol. The second-order valence-electron chi connectivity index (χ2n) is 8.28. The van der Waals surface area contributed by atoms with Gasteiger partial charge in [0.15, 0.2) is 11.5 Å². The molecule has 11 heteroatoms. The van der Waals surface area contributed by atoms with E-state index in [0.29, 0.717) is 34.9 Å². The van der Waals surface area contributed by atoms with Crippen molar-refractivity contribution in [3.63, 3.8) is 0 Å². The Hall–Kier alpha value is -4.09. The number of rotatable bonds is 12. The number of benzene rings is 3. The van der Waals surface area contributed by atoms with E-state index < -0.39 is 22.0 Å². The monoisotopic (exact) mass is 525 g/mol. The molecule has 0 fully saturated rings. The highest BCUT2D eigenvalue weighted by Gasteiger charge is 2.25. The summed E-state index contributed by atoms with van der Waals surface area (Å²) in [4.78, 5) is 15.5. The van der Waals surface area contributed by atoms with E-state index in [1.807, 2.05) is 20.8 Å². The molecule has 0 aliphatic heterocycles. The summed E-state index contributed by atoms with van der Waals surface area (Å²) in [6.07, 6.45) is -0.0885. The van der Waals surface area contributed by atoms with E-state index >= 15 is 0 Å². The zero-order valence-electron chi connectivity index (χ0n) is 20.8. The fraction of sp³-hybridized carbons (Fsp3) is 0.231. The van der Waals surface area contributed by atoms with E-state index in [2.05, 4.69) is 15.6 Å². The van der Waals surface area contributed by atoms with Crippen LogP contribution in [0.1, 0.15) is 37.9 Å². The summed E-state index contributed by atoms with van der Waals surface area (Å²) >= 11 is 0. The summed E-state index contributed by atoms with van der Waals surface area (Å²) in [6, 6.07) is 18.4. The molecule has 1 atom stereocenters. The lowest BCUT2D eigenvalue weighted by Gasteiger charge is -2.22. The Morgan fingerprint density at radius 3 is 2.27 bits per heavy atom. The third-order valence-electron chi connectivity index (χ3n) is 5.09. The molecule has 0 radical (unpaired) electrons. The Bertz CT molecular complexity index is 1330. The summed E-state index contributed by atoms with van der Waals surface area (Å²) in [6.45, 7) is 6.00. The van der Waals surface area contributed by atoms with Crippen LogP contribution in [0.15, 0.2) is 77.7 Å². The molecule has 0 saturated carbocycles. The summed E-state index contributed by atoms with van der Waals surface area (Å²) in [5.74, 6) is 0.230. The Balaban J connectivity index is 1.92. The maximum atomic E-state index is 13.3. The molecule has 37 heavy (non-hydrogen) atoms. The van der Waals surface area contributed by atoms with E-state index in [9.17, 15) is 13.2 Å². The number of carbonyl (C=O) groups excluding carboxylic acids is 1. The number of hydrazine groups is 1. The predicted molar refractivity (Wildman–Crippen MR) is 142 cm³/mol. The second-order valence-corrected chi connectivity index (χ2v) is 9.96. The number of anilines is 1. The number of nitrogens with two attached hydrogens (primary N) is 1. The first-order valence-electron chi connectivity index (χ1n) is 11.6. The number of nitrogen functional groups attached to an aromatic ring is 1. The van der Waals surface area contributed by atoms with Crippen LogP contribution in [0.25, 0.3) is 0 Å². The van der Waals surface area contributed by atoms with Crippen LogP contribution in [0.5, 0.6) is 11.5 Å². The molecule has 10 nitrogen and oxygen atoms in total. The van der Waals surface area contributed by atoms with Crippen molar-refractivity contribution in [2.45, 2.75) is 37.8 Å². The van der Waals surface area contributed by atoms with Crippen LogP contribution in [-0.4, -0.2) is 32.9 Å². The first kappa shape index (κ1) is 27.5. The van der Waals surface area contributed by atoms with Crippen molar-refractivity contribution in [1.82, 2.24) is 10.3 Å². The van der Waals surface area contributed by atoms with Gasteiger partial charge in [0.1, 0.15) is 11.9 Å². The SMILES string of the molecule is CCOc1cc(C(Nc2ccc(C(=N)N)cc2)C(=O)NNS(=O)(=O)c2ccccc2)ccc1OC(C)C. The van der Waals surface area contributed by atoms with Gasteiger partial charge in [0.25, 0.3) is 15.9 Å². The van der Waals surface area contributed by atoms with Crippen molar-refractivity contribution in [1.29, 1.82) is 5.41 Å². The zero-order chi connectivity index (χ0) is 27.0. The number of sulfonamides is 1. The van der Waals surface area contributed by atoms with Gasteiger partial charge in [0, 0.05) is 11.3 Å². The van der Waals surface area contributed by atoms with Gasteiger partial charge in [0.05, 0.1) is 17.6 Å². The normalized spacial score (nSPS) is 12.0. The van der Waals surface area contributed by atoms with Crippen LogP contribution < -0.4 is 30.8 Å². The van der Waals surface area contributed by atoms with Gasteiger partial charge in [-0.2, -0.15) is 0 Å². The molecule has 1 unspecified atom stereocenters. The molecule has 3 aromatic rings. The molecule has 0 heterocycles. The minimum Gasteiger partial charge on any atom is -0.490 e. The number of amidine groups is 1. The summed E-state index contributed by atoms with van der Waals surface area (Å²) < 4.78 is 36.8. The molecular formula is C26H31N5O5S. The lowest BCUT2D eigenvalue weighted by molar-refractivity contribution is -0.122. The van der Waals surface area contributed by atoms with Gasteiger partial charge >= 0.3 is 0 Å². The van der Waals surface area contributed by atoms with Crippen LogP contribution in [0, 0.1) is 5.41 Å². The largest absolute Gasteiger partial charge is 0.490 e. The fourth-order valence-electron chi connectivity index (χ4n) is 3.38. The van der Waals surface area contributed by atoms with Crippen molar-refractivity contribution in [3.8, 4) is 11.5 Å². The number of nitrogens with one attached hydrogen (secondary N) is 4. The fourth-order valence-corrected chi connectivity index (χ4v) is 4.25. The zero-order valence-corrected chi connectivity index (χ0v) is 21.6. The van der Waals surface area contributed by atoms with Gasteiger partial charge in [-0.3, -0.25) is 15.6 Å². The Morgan fingerprint density at radius 1 is 1.00 bits per heavy atom. The van der Waals surface area contributed by atoms with E-state index in [-0.39, 0.29) is 16.8 Å². The van der Waals surface area contributed by atoms with Gasteiger partial charge in [-0.05, 0) is 74.9 Å². The standard InChI is InChI=1S/C26H31N5O5S/c1-4-35-23-16-19(12-15-22(23)36-17(2)3)24(29-20-13-10-18(11-14-20)25(27)28)26(32)30-31-37(33,34)21-8-6-5-7-9-21/h5-17,24,29,31H,4H2,1-3H3,(H3,27,28)(H,30,32). The van der Waals surface area contributed by atoms with Crippen molar-refractivity contribution in [3.05, 3.63) is 83.9 Å². The van der Waals surface area contributed by atoms with Crippen molar-refractivity contribution in [2.24, 2.45) is 5.73 Å². The first-order valence-corrected chi connectivity index (χ1v) is 13.1. The second kappa shape index (κ2) is 12.2. The molecule has 196 valence electrons. The van der Waals surface area contributed by atoms with Gasteiger partial charge in [-0.15, -0.1) is 4.83 Å². The molecule has 0 aliphatic carbocycles. The topological polar surface area (TPSA) is 156 Å². The lowest BCUT2D eigenvalue weighted by atomic mass is 10.0. The van der Waals surface area contributed by atoms with Crippen molar-refractivity contribution in [2.75, 3.05) is 11.9 Å². The van der Waals surface area contributed by atoms with E-state index in [0.717, 1.165) is 0 Å². The molecule has 0 saturated heterocycles. The van der Waals surface area contributed by atoms with Gasteiger partial charge in [-0.25, -0.2) is 8.42 Å². The van der Waals surface area contributed by atoms with E-state index in [4.69, 9.17) is 20.6 Å². The number of hydrogen-bond acceptors (Lipinski definition) is 7. The van der Waals surface area contributed by atoms with Crippen LogP contribution in [0.3, 0.4) is 0 Å². The smallest absolute Gasteiger partial charge is 0.262 e. The maximum Gasteiger partial charge on any atom is 0.262 e. The minimum atomic E-state index is -3.99. The molecule has 3 rings (SSSR count). The van der Waals surface area contributed by atoms with E-state index in [1.54, 1.807) is 60.7 Å². The molecule has 6 N–H and O–H groups in total. The number of hydrogen-bond donors (Lipinski definition) is 5. The quantitative estimate of drug-likeness (QED) is 0.138. The molecule has 0 bridgehead atoms. The summed E-state index contributed by atoms with van der Waals surface area (Å²) in [5, 5.41) is 10.7. The third-order valence-corrected chi connectivity index (χ3v) is 6.36. The number of carbonyl (C=O) groups is 1. The van der Waals surface area contributed by atoms with Crippen LogP contribution >= 0.6 is 0 Å². The molecule has 0 aromatic heterocycles. The molecule has 1 amide bonds. The number of amides is 1. The highest BCUT2D eigenvalue weighted by Crippen LogP contribution is 2.33. The third kappa shape index (κ3) is 7.45. The number of ether oxygens (including phenoxy) is 2. The lowest BCUT2D eigenvalue weighted by Crippen LogP contribution is -2.45. The highest BCUT2D eigenvalue weighted by molar-refractivity contribution is 7.89. The first-order chi connectivity index (χ1) is 17.6. The van der Waals surface area contributed by atoms with Gasteiger partial charge in [0.2, 0.25) is 0 Å². The maximum absolute atomic E-state index is 13.3. The average Bonchev–Trinajstić information content (AvgIpc) is 2.87. The highest BCUT2D eigenvalue weighted by atomic mass is 32.2. The summed E-state index contributed by atoms with van der Waals surface area (Å²) in [7, 11) is -3.99.